The van der Waals surface area contributed by atoms with Crippen molar-refractivity contribution in [3.05, 3.63) is 11.6 Å². The van der Waals surface area contributed by atoms with Crippen molar-refractivity contribution in [3.63, 3.8) is 0 Å². The molecule has 0 spiro atoms. The number of sulfone groups is 1. The number of fused-ring (bicyclic) bond motifs is 1. The van der Waals surface area contributed by atoms with Gasteiger partial charge in [-0.2, -0.15) is 5.10 Å². The van der Waals surface area contributed by atoms with Gasteiger partial charge in [0.2, 0.25) is 0 Å². The van der Waals surface area contributed by atoms with Crippen LogP contribution in [0, 0.1) is 5.92 Å². The summed E-state index contributed by atoms with van der Waals surface area (Å²) in [5.41, 5.74) is 0. The molecule has 0 N–H and O–H groups in total. The van der Waals surface area contributed by atoms with Gasteiger partial charge in [-0.1, -0.05) is 0 Å². The molecule has 19 heavy (non-hydrogen) atoms. The standard InChI is InChI=1S/C13H21N3O2S/c1-10-3-2-4-13-14-12(15-16(10)13)9-11-5-7-19(17,18)8-6-11/h10-11H,2-9H2,1H3. The molecule has 0 amide bonds. The molecular formula is C13H21N3O2S. The number of nitrogens with zero attached hydrogens (tertiary/aromatic N) is 3. The number of hydrogen-bond acceptors (Lipinski definition) is 4. The normalized spacial score (nSPS) is 27.1. The van der Waals surface area contributed by atoms with E-state index in [2.05, 4.69) is 21.7 Å². The van der Waals surface area contributed by atoms with Crippen molar-refractivity contribution in [1.82, 2.24) is 14.8 Å². The van der Waals surface area contributed by atoms with Gasteiger partial charge in [0.15, 0.2) is 5.82 Å². The molecule has 0 aliphatic carbocycles. The molecule has 0 bridgehead atoms. The van der Waals surface area contributed by atoms with E-state index in [9.17, 15) is 8.42 Å². The van der Waals surface area contributed by atoms with Crippen LogP contribution < -0.4 is 0 Å². The predicted molar refractivity (Wildman–Crippen MR) is 72.8 cm³/mol. The van der Waals surface area contributed by atoms with E-state index in [0.717, 1.165) is 37.3 Å². The summed E-state index contributed by atoms with van der Waals surface area (Å²) in [7, 11) is -2.77. The van der Waals surface area contributed by atoms with Crippen LogP contribution in [0.15, 0.2) is 0 Å². The smallest absolute Gasteiger partial charge is 0.151 e. The lowest BCUT2D eigenvalue weighted by molar-refractivity contribution is 0.385. The second kappa shape index (κ2) is 4.89. The first-order valence-corrected chi connectivity index (χ1v) is 9.00. The zero-order valence-corrected chi connectivity index (χ0v) is 12.2. The Morgan fingerprint density at radius 3 is 2.68 bits per heavy atom. The van der Waals surface area contributed by atoms with Gasteiger partial charge in [0, 0.05) is 12.8 Å². The topological polar surface area (TPSA) is 64.8 Å². The van der Waals surface area contributed by atoms with Gasteiger partial charge in [0.1, 0.15) is 15.7 Å². The highest BCUT2D eigenvalue weighted by molar-refractivity contribution is 7.91. The maximum atomic E-state index is 11.4. The van der Waals surface area contributed by atoms with Gasteiger partial charge in [-0.05, 0) is 38.5 Å². The third-order valence-corrected chi connectivity index (χ3v) is 6.05. The van der Waals surface area contributed by atoms with Crippen molar-refractivity contribution in [3.8, 4) is 0 Å². The van der Waals surface area contributed by atoms with Crippen LogP contribution in [-0.2, 0) is 22.7 Å². The van der Waals surface area contributed by atoms with Gasteiger partial charge in [-0.3, -0.25) is 0 Å². The minimum atomic E-state index is -2.77. The molecule has 1 saturated heterocycles. The Balaban J connectivity index is 1.68. The second-order valence-electron chi connectivity index (χ2n) is 5.93. The molecule has 5 nitrogen and oxygen atoms in total. The molecule has 106 valence electrons. The summed E-state index contributed by atoms with van der Waals surface area (Å²) in [4.78, 5) is 4.63. The second-order valence-corrected chi connectivity index (χ2v) is 8.23. The van der Waals surface area contributed by atoms with Crippen molar-refractivity contribution >= 4 is 9.84 Å². The summed E-state index contributed by atoms with van der Waals surface area (Å²) in [6.07, 6.45) is 5.76. The third kappa shape index (κ3) is 2.83. The quantitative estimate of drug-likeness (QED) is 0.826. The lowest BCUT2D eigenvalue weighted by Gasteiger charge is -2.20. The molecule has 3 rings (SSSR count). The molecule has 6 heteroatoms. The van der Waals surface area contributed by atoms with Gasteiger partial charge in [0.05, 0.1) is 17.5 Å². The fraction of sp³-hybridized carbons (Fsp3) is 0.846. The molecule has 1 unspecified atom stereocenters. The molecule has 2 aliphatic heterocycles. The monoisotopic (exact) mass is 283 g/mol. The summed E-state index contributed by atoms with van der Waals surface area (Å²) in [5.74, 6) is 3.12. The Bertz CT molecular complexity index is 550. The summed E-state index contributed by atoms with van der Waals surface area (Å²) in [6, 6.07) is 0.455. The number of aryl methyl sites for hydroxylation is 1. The van der Waals surface area contributed by atoms with Gasteiger partial charge in [-0.15, -0.1) is 0 Å². The Hall–Kier alpha value is -0.910. The summed E-state index contributed by atoms with van der Waals surface area (Å²) >= 11 is 0. The average molecular weight is 283 g/mol. The molecule has 1 fully saturated rings. The Morgan fingerprint density at radius 1 is 1.26 bits per heavy atom. The van der Waals surface area contributed by atoms with Crippen LogP contribution in [0.5, 0.6) is 0 Å². The molecule has 0 saturated carbocycles. The van der Waals surface area contributed by atoms with E-state index in [-0.39, 0.29) is 0 Å². The molecule has 3 heterocycles. The van der Waals surface area contributed by atoms with E-state index < -0.39 is 9.84 Å². The maximum Gasteiger partial charge on any atom is 0.151 e. The van der Waals surface area contributed by atoms with Crippen molar-refractivity contribution in [2.24, 2.45) is 5.92 Å². The molecule has 2 aliphatic rings. The van der Waals surface area contributed by atoms with Crippen molar-refractivity contribution in [2.75, 3.05) is 11.5 Å². The van der Waals surface area contributed by atoms with E-state index in [1.165, 1.54) is 12.8 Å². The Labute approximate surface area is 114 Å². The van der Waals surface area contributed by atoms with E-state index in [0.29, 0.717) is 23.5 Å². The third-order valence-electron chi connectivity index (χ3n) is 4.33. The molecule has 1 aromatic rings. The lowest BCUT2D eigenvalue weighted by atomic mass is 9.99. The number of rotatable bonds is 2. The summed E-state index contributed by atoms with van der Waals surface area (Å²) in [5, 5.41) is 4.62. The first-order chi connectivity index (χ1) is 9.03. The van der Waals surface area contributed by atoms with Crippen molar-refractivity contribution in [2.45, 2.75) is 51.5 Å². The Morgan fingerprint density at radius 2 is 2.00 bits per heavy atom. The van der Waals surface area contributed by atoms with E-state index in [1.807, 2.05) is 0 Å². The summed E-state index contributed by atoms with van der Waals surface area (Å²) in [6.45, 7) is 2.19. The minimum Gasteiger partial charge on any atom is -0.247 e. The largest absolute Gasteiger partial charge is 0.247 e. The predicted octanol–water partition coefficient (Wildman–Crippen LogP) is 1.54. The maximum absolute atomic E-state index is 11.4. The fourth-order valence-corrected chi connectivity index (χ4v) is 4.68. The van der Waals surface area contributed by atoms with E-state index in [4.69, 9.17) is 0 Å². The highest BCUT2D eigenvalue weighted by Gasteiger charge is 2.26. The van der Waals surface area contributed by atoms with Gasteiger partial charge in [0.25, 0.3) is 0 Å². The van der Waals surface area contributed by atoms with Crippen LogP contribution in [0.25, 0.3) is 0 Å². The first-order valence-electron chi connectivity index (χ1n) is 7.18. The zero-order chi connectivity index (χ0) is 13.5. The van der Waals surface area contributed by atoms with E-state index in [1.54, 1.807) is 0 Å². The van der Waals surface area contributed by atoms with Crippen molar-refractivity contribution < 1.29 is 8.42 Å². The van der Waals surface area contributed by atoms with Crippen LogP contribution >= 0.6 is 0 Å². The van der Waals surface area contributed by atoms with E-state index >= 15 is 0 Å². The molecule has 0 radical (unpaired) electrons. The van der Waals surface area contributed by atoms with Gasteiger partial charge < -0.3 is 0 Å². The van der Waals surface area contributed by atoms with Crippen LogP contribution in [0.1, 0.15) is 50.3 Å². The molecule has 1 atom stereocenters. The van der Waals surface area contributed by atoms with Crippen molar-refractivity contribution in [1.29, 1.82) is 0 Å². The van der Waals surface area contributed by atoms with Crippen LogP contribution in [-0.4, -0.2) is 34.7 Å². The van der Waals surface area contributed by atoms with Crippen LogP contribution in [0.4, 0.5) is 0 Å². The Kier molecular flexibility index (Phi) is 3.37. The molecular weight excluding hydrogens is 262 g/mol. The summed E-state index contributed by atoms with van der Waals surface area (Å²) < 4.78 is 24.9. The highest BCUT2D eigenvalue weighted by Crippen LogP contribution is 2.25. The van der Waals surface area contributed by atoms with Gasteiger partial charge >= 0.3 is 0 Å². The lowest BCUT2D eigenvalue weighted by Crippen LogP contribution is -2.24. The fourth-order valence-electron chi connectivity index (χ4n) is 3.09. The van der Waals surface area contributed by atoms with Crippen LogP contribution in [0.3, 0.4) is 0 Å². The highest BCUT2D eigenvalue weighted by atomic mass is 32.2. The molecule has 1 aromatic heterocycles. The number of hydrogen-bond donors (Lipinski definition) is 0. The zero-order valence-electron chi connectivity index (χ0n) is 11.4. The first kappa shape index (κ1) is 13.1. The number of aromatic nitrogens is 3. The SMILES string of the molecule is CC1CCCc2nc(CC3CCS(=O)(=O)CC3)nn21. The average Bonchev–Trinajstić information content (AvgIpc) is 2.76. The van der Waals surface area contributed by atoms with Gasteiger partial charge in [-0.25, -0.2) is 18.1 Å². The minimum absolute atomic E-state index is 0.335. The molecule has 0 aromatic carbocycles. The van der Waals surface area contributed by atoms with Crippen LogP contribution in [0.2, 0.25) is 0 Å².